The molecule has 1 heterocycles. The maximum absolute atomic E-state index is 11.2. The first-order valence-electron chi connectivity index (χ1n) is 3.92. The van der Waals surface area contributed by atoms with E-state index in [1.54, 1.807) is 11.8 Å². The van der Waals surface area contributed by atoms with Crippen molar-refractivity contribution in [3.05, 3.63) is 0 Å². The van der Waals surface area contributed by atoms with Gasteiger partial charge in [0.05, 0.1) is 12.9 Å². The van der Waals surface area contributed by atoms with E-state index in [0.29, 0.717) is 5.75 Å². The third-order valence-corrected chi connectivity index (χ3v) is 3.50. The molecule has 1 aliphatic rings. The van der Waals surface area contributed by atoms with E-state index in [1.165, 1.54) is 7.11 Å². The Kier molecular flexibility index (Phi) is 3.14. The third kappa shape index (κ3) is 1.63. The smallest absolute Gasteiger partial charge is 0.317 e. The molecule has 1 fully saturated rings. The Balaban J connectivity index is 2.70. The molecule has 0 aliphatic carbocycles. The molecule has 2 atom stereocenters. The number of hydrogen-bond acceptors (Lipinski definition) is 4. The number of Topliss-reactive ketones (excluding diaryl/α,β-unsaturated/α-hetero) is 1. The summed E-state index contributed by atoms with van der Waals surface area (Å²) in [6, 6.07) is 0. The molecule has 0 aromatic carbocycles. The molecule has 0 N–H and O–H groups in total. The molecule has 2 unspecified atom stereocenters. The highest BCUT2D eigenvalue weighted by Crippen LogP contribution is 2.32. The molecule has 1 rings (SSSR count). The van der Waals surface area contributed by atoms with Crippen LogP contribution in [0.15, 0.2) is 0 Å². The summed E-state index contributed by atoms with van der Waals surface area (Å²) in [6.45, 7) is 1.98. The molecular weight excluding hydrogens is 176 g/mol. The number of thioether (sulfide) groups is 1. The van der Waals surface area contributed by atoms with E-state index in [9.17, 15) is 9.59 Å². The van der Waals surface area contributed by atoms with Crippen LogP contribution < -0.4 is 0 Å². The van der Waals surface area contributed by atoms with Crippen LogP contribution in [0.2, 0.25) is 0 Å². The van der Waals surface area contributed by atoms with E-state index in [1.807, 2.05) is 6.92 Å². The first-order chi connectivity index (χ1) is 5.70. The molecule has 0 spiro atoms. The van der Waals surface area contributed by atoms with Gasteiger partial charge in [-0.1, -0.05) is 6.92 Å². The van der Waals surface area contributed by atoms with Gasteiger partial charge >= 0.3 is 5.97 Å². The van der Waals surface area contributed by atoms with E-state index in [4.69, 9.17) is 0 Å². The van der Waals surface area contributed by atoms with E-state index in [0.717, 1.165) is 6.42 Å². The summed E-state index contributed by atoms with van der Waals surface area (Å²) >= 11 is 1.55. The molecule has 0 saturated carbocycles. The van der Waals surface area contributed by atoms with Gasteiger partial charge in [-0.15, -0.1) is 11.8 Å². The zero-order valence-corrected chi connectivity index (χ0v) is 8.02. The van der Waals surface area contributed by atoms with E-state index < -0.39 is 5.92 Å². The summed E-state index contributed by atoms with van der Waals surface area (Å²) in [7, 11) is 1.32. The van der Waals surface area contributed by atoms with Crippen molar-refractivity contribution < 1.29 is 14.3 Å². The Morgan fingerprint density at radius 2 is 2.42 bits per heavy atom. The van der Waals surface area contributed by atoms with Crippen molar-refractivity contribution in [2.45, 2.75) is 18.6 Å². The molecule has 1 aliphatic heterocycles. The van der Waals surface area contributed by atoms with Crippen molar-refractivity contribution in [2.75, 3.05) is 12.9 Å². The van der Waals surface area contributed by atoms with Gasteiger partial charge in [0.2, 0.25) is 0 Å². The highest BCUT2D eigenvalue weighted by Gasteiger charge is 2.40. The second-order valence-corrected chi connectivity index (χ2v) is 3.95. The maximum Gasteiger partial charge on any atom is 0.317 e. The van der Waals surface area contributed by atoms with Crippen molar-refractivity contribution in [1.82, 2.24) is 0 Å². The molecule has 3 nitrogen and oxygen atoms in total. The Labute approximate surface area is 75.8 Å². The standard InChI is InChI=1S/C8H12O3S/c1-3-6-7(8(10)11-2)5(9)4-12-6/h6-7H,3-4H2,1-2H3. The monoisotopic (exact) mass is 188 g/mol. The molecule has 0 aromatic heterocycles. The molecule has 0 amide bonds. The lowest BCUT2D eigenvalue weighted by molar-refractivity contribution is -0.148. The summed E-state index contributed by atoms with van der Waals surface area (Å²) in [5.74, 6) is -0.418. The number of ether oxygens (including phenoxy) is 1. The summed E-state index contributed by atoms with van der Waals surface area (Å²) in [6.07, 6.45) is 0.843. The Hall–Kier alpha value is -0.510. The van der Waals surface area contributed by atoms with Crippen molar-refractivity contribution in [3.8, 4) is 0 Å². The zero-order chi connectivity index (χ0) is 9.14. The van der Waals surface area contributed by atoms with Crippen molar-refractivity contribution in [1.29, 1.82) is 0 Å². The predicted molar refractivity (Wildman–Crippen MR) is 47.1 cm³/mol. The normalized spacial score (nSPS) is 29.0. The number of carbonyl (C=O) groups excluding carboxylic acids is 2. The summed E-state index contributed by atoms with van der Waals surface area (Å²) in [5.41, 5.74) is 0. The number of methoxy groups -OCH3 is 1. The lowest BCUT2D eigenvalue weighted by Gasteiger charge is -2.12. The SMILES string of the molecule is CCC1SCC(=O)C1C(=O)OC. The van der Waals surface area contributed by atoms with Gasteiger partial charge in [0.1, 0.15) is 5.92 Å². The summed E-state index contributed by atoms with van der Waals surface area (Å²) in [5, 5.41) is 0.130. The lowest BCUT2D eigenvalue weighted by Crippen LogP contribution is -2.28. The number of ketones is 1. The number of esters is 1. The van der Waals surface area contributed by atoms with Gasteiger partial charge in [-0.3, -0.25) is 9.59 Å². The van der Waals surface area contributed by atoms with Crippen LogP contribution >= 0.6 is 11.8 Å². The molecule has 68 valence electrons. The second-order valence-electron chi connectivity index (χ2n) is 2.72. The van der Waals surface area contributed by atoms with Crippen LogP contribution in [0.5, 0.6) is 0 Å². The molecular formula is C8H12O3S. The fourth-order valence-corrected chi connectivity index (χ4v) is 2.60. The minimum Gasteiger partial charge on any atom is -0.468 e. The molecule has 4 heteroatoms. The maximum atomic E-state index is 11.2. The lowest BCUT2D eigenvalue weighted by atomic mass is 10.00. The Morgan fingerprint density at radius 1 is 1.75 bits per heavy atom. The molecule has 12 heavy (non-hydrogen) atoms. The van der Waals surface area contributed by atoms with E-state index >= 15 is 0 Å². The van der Waals surface area contributed by atoms with Crippen LogP contribution in [0.3, 0.4) is 0 Å². The van der Waals surface area contributed by atoms with Crippen molar-refractivity contribution in [3.63, 3.8) is 0 Å². The molecule has 1 saturated heterocycles. The second kappa shape index (κ2) is 3.94. The fourth-order valence-electron chi connectivity index (χ4n) is 1.35. The first-order valence-corrected chi connectivity index (χ1v) is 4.97. The number of hydrogen-bond donors (Lipinski definition) is 0. The van der Waals surface area contributed by atoms with Crippen LogP contribution in [0.1, 0.15) is 13.3 Å². The predicted octanol–water partition coefficient (Wildman–Crippen LogP) is 0.870. The third-order valence-electron chi connectivity index (χ3n) is 2.02. The van der Waals surface area contributed by atoms with Crippen molar-refractivity contribution in [2.24, 2.45) is 5.92 Å². The Bertz CT molecular complexity index is 202. The highest BCUT2D eigenvalue weighted by atomic mass is 32.2. The van der Waals surface area contributed by atoms with Gasteiger partial charge in [0.15, 0.2) is 5.78 Å². The number of rotatable bonds is 2. The van der Waals surface area contributed by atoms with Crippen LogP contribution in [0, 0.1) is 5.92 Å². The summed E-state index contributed by atoms with van der Waals surface area (Å²) < 4.78 is 4.56. The minimum atomic E-state index is -0.509. The minimum absolute atomic E-state index is 0.0127. The van der Waals surface area contributed by atoms with Gasteiger partial charge in [-0.25, -0.2) is 0 Å². The average molecular weight is 188 g/mol. The van der Waals surface area contributed by atoms with Crippen LogP contribution in [0.4, 0.5) is 0 Å². The van der Waals surface area contributed by atoms with Gasteiger partial charge in [0.25, 0.3) is 0 Å². The Morgan fingerprint density at radius 3 is 2.92 bits per heavy atom. The molecule has 0 aromatic rings. The van der Waals surface area contributed by atoms with Gasteiger partial charge in [-0.2, -0.15) is 0 Å². The zero-order valence-electron chi connectivity index (χ0n) is 7.20. The first kappa shape index (κ1) is 9.58. The van der Waals surface area contributed by atoms with Gasteiger partial charge < -0.3 is 4.74 Å². The van der Waals surface area contributed by atoms with E-state index in [-0.39, 0.29) is 17.0 Å². The van der Waals surface area contributed by atoms with Crippen LogP contribution in [-0.2, 0) is 14.3 Å². The topological polar surface area (TPSA) is 43.4 Å². The average Bonchev–Trinajstić information content (AvgIpc) is 2.45. The highest BCUT2D eigenvalue weighted by molar-refractivity contribution is 8.01. The summed E-state index contributed by atoms with van der Waals surface area (Å²) in [4.78, 5) is 22.4. The van der Waals surface area contributed by atoms with Crippen LogP contribution in [0.25, 0.3) is 0 Å². The van der Waals surface area contributed by atoms with Gasteiger partial charge in [0, 0.05) is 5.25 Å². The van der Waals surface area contributed by atoms with Crippen molar-refractivity contribution >= 4 is 23.5 Å². The molecule has 0 radical (unpaired) electrons. The number of carbonyl (C=O) groups is 2. The fraction of sp³-hybridized carbons (Fsp3) is 0.750. The quantitative estimate of drug-likeness (QED) is 0.476. The van der Waals surface area contributed by atoms with E-state index in [2.05, 4.69) is 4.74 Å². The molecule has 0 bridgehead atoms. The largest absolute Gasteiger partial charge is 0.468 e. The van der Waals surface area contributed by atoms with Gasteiger partial charge in [-0.05, 0) is 6.42 Å². The van der Waals surface area contributed by atoms with Crippen LogP contribution in [-0.4, -0.2) is 29.9 Å².